The molecule has 4 rings (SSSR count). The van der Waals surface area contributed by atoms with Crippen LogP contribution in [-0.2, 0) is 24.3 Å². The van der Waals surface area contributed by atoms with Gasteiger partial charge in [0, 0.05) is 24.1 Å². The van der Waals surface area contributed by atoms with E-state index in [0.717, 1.165) is 42.9 Å². The molecule has 1 aromatic carbocycles. The lowest BCUT2D eigenvalue weighted by molar-refractivity contribution is -0.117. The van der Waals surface area contributed by atoms with Crippen molar-refractivity contribution in [1.29, 1.82) is 0 Å². The molecule has 1 N–H and O–H groups in total. The summed E-state index contributed by atoms with van der Waals surface area (Å²) in [6, 6.07) is 8.94. The van der Waals surface area contributed by atoms with Gasteiger partial charge in [-0.25, -0.2) is 14.2 Å². The Labute approximate surface area is 166 Å². The van der Waals surface area contributed by atoms with Crippen LogP contribution in [0.2, 0.25) is 5.02 Å². The van der Waals surface area contributed by atoms with Crippen LogP contribution in [0.25, 0.3) is 5.69 Å². The minimum absolute atomic E-state index is 0.135. The third kappa shape index (κ3) is 3.73. The van der Waals surface area contributed by atoms with Crippen LogP contribution in [0.5, 0.6) is 0 Å². The Morgan fingerprint density at radius 3 is 2.75 bits per heavy atom. The fraction of sp³-hybridized carbons (Fsp3) is 0.368. The summed E-state index contributed by atoms with van der Waals surface area (Å²) in [6.45, 7) is 2.38. The van der Waals surface area contributed by atoms with Crippen LogP contribution in [0.15, 0.2) is 35.1 Å². The highest BCUT2D eigenvalue weighted by Crippen LogP contribution is 2.19. The molecule has 3 heterocycles. The highest BCUT2D eigenvalue weighted by molar-refractivity contribution is 6.30. The number of halogens is 1. The van der Waals surface area contributed by atoms with E-state index in [-0.39, 0.29) is 18.1 Å². The number of aryl methyl sites for hydroxylation is 2. The summed E-state index contributed by atoms with van der Waals surface area (Å²) in [5.74, 6) is 0.960. The molecule has 0 bridgehead atoms. The zero-order valence-corrected chi connectivity index (χ0v) is 16.3. The molecule has 3 aromatic rings. The fourth-order valence-corrected chi connectivity index (χ4v) is 3.54. The van der Waals surface area contributed by atoms with Crippen LogP contribution in [0, 0.1) is 6.92 Å². The number of hydrogen-bond donors (Lipinski definition) is 1. The maximum atomic E-state index is 12.6. The summed E-state index contributed by atoms with van der Waals surface area (Å²) >= 11 is 5.95. The molecule has 9 heteroatoms. The van der Waals surface area contributed by atoms with Gasteiger partial charge in [-0.05, 0) is 44.0 Å². The average molecular weight is 401 g/mol. The zero-order valence-electron chi connectivity index (χ0n) is 15.6. The van der Waals surface area contributed by atoms with E-state index in [1.54, 1.807) is 27.4 Å². The minimum atomic E-state index is -0.328. The normalized spacial score (nSPS) is 13.8. The summed E-state index contributed by atoms with van der Waals surface area (Å²) in [5, 5.41) is 12.2. The summed E-state index contributed by atoms with van der Waals surface area (Å²) in [4.78, 5) is 25.1. The molecule has 0 atom stereocenters. The second-order valence-corrected chi connectivity index (χ2v) is 7.36. The quantitative estimate of drug-likeness (QED) is 0.729. The molecule has 0 aliphatic carbocycles. The lowest BCUT2D eigenvalue weighted by Crippen LogP contribution is -2.30. The number of aromatic nitrogens is 5. The van der Waals surface area contributed by atoms with Gasteiger partial charge >= 0.3 is 5.69 Å². The number of nitrogens with one attached hydrogen (secondary N) is 1. The van der Waals surface area contributed by atoms with Gasteiger partial charge < -0.3 is 5.32 Å². The maximum Gasteiger partial charge on any atom is 0.346 e. The van der Waals surface area contributed by atoms with Gasteiger partial charge in [-0.3, -0.25) is 9.36 Å². The van der Waals surface area contributed by atoms with Crippen molar-refractivity contribution in [1.82, 2.24) is 24.1 Å². The Morgan fingerprint density at radius 1 is 1.18 bits per heavy atom. The van der Waals surface area contributed by atoms with Crippen molar-refractivity contribution in [3.05, 3.63) is 57.4 Å². The number of nitrogens with zero attached hydrogens (tertiary/aromatic N) is 5. The second kappa shape index (κ2) is 7.63. The first-order valence-electron chi connectivity index (χ1n) is 9.30. The third-order valence-electron chi connectivity index (χ3n) is 4.75. The third-order valence-corrected chi connectivity index (χ3v) is 5.00. The molecule has 28 heavy (non-hydrogen) atoms. The van der Waals surface area contributed by atoms with Gasteiger partial charge in [0.1, 0.15) is 18.2 Å². The molecule has 8 nitrogen and oxygen atoms in total. The van der Waals surface area contributed by atoms with E-state index in [1.807, 2.05) is 19.1 Å². The van der Waals surface area contributed by atoms with Gasteiger partial charge in [-0.1, -0.05) is 18.0 Å². The molecule has 146 valence electrons. The van der Waals surface area contributed by atoms with Crippen LogP contribution in [0.4, 0.5) is 5.82 Å². The number of carbonyl (C=O) groups excluding carboxylic acids is 1. The number of hydrogen-bond acceptors (Lipinski definition) is 4. The first-order chi connectivity index (χ1) is 13.5. The van der Waals surface area contributed by atoms with E-state index in [2.05, 4.69) is 15.5 Å². The summed E-state index contributed by atoms with van der Waals surface area (Å²) < 4.78 is 4.56. The van der Waals surface area contributed by atoms with Crippen molar-refractivity contribution < 1.29 is 4.79 Å². The van der Waals surface area contributed by atoms with Crippen molar-refractivity contribution in [2.75, 3.05) is 5.32 Å². The van der Waals surface area contributed by atoms with Crippen molar-refractivity contribution >= 4 is 23.3 Å². The van der Waals surface area contributed by atoms with Gasteiger partial charge in [0.2, 0.25) is 5.91 Å². The Bertz CT molecular complexity index is 1060. The first-order valence-corrected chi connectivity index (χ1v) is 9.68. The van der Waals surface area contributed by atoms with Crippen LogP contribution in [-0.4, -0.2) is 30.0 Å². The molecule has 1 amide bonds. The first kappa shape index (κ1) is 18.5. The van der Waals surface area contributed by atoms with E-state index in [9.17, 15) is 9.59 Å². The van der Waals surface area contributed by atoms with E-state index >= 15 is 0 Å². The van der Waals surface area contributed by atoms with Gasteiger partial charge in [0.15, 0.2) is 0 Å². The number of benzene rings is 1. The lowest BCUT2D eigenvalue weighted by atomic mass is 10.2. The van der Waals surface area contributed by atoms with Crippen LogP contribution >= 0.6 is 11.6 Å². The Kier molecular flexibility index (Phi) is 5.04. The number of anilines is 1. The van der Waals surface area contributed by atoms with Gasteiger partial charge in [-0.2, -0.15) is 10.2 Å². The second-order valence-electron chi connectivity index (χ2n) is 6.93. The number of fused-ring (bicyclic) bond motifs is 1. The van der Waals surface area contributed by atoms with Crippen molar-refractivity contribution in [3.8, 4) is 5.69 Å². The molecule has 1 aliphatic rings. The number of carbonyl (C=O) groups is 1. The number of rotatable bonds is 4. The highest BCUT2D eigenvalue weighted by atomic mass is 35.5. The molecular formula is C19H21ClN6O2. The van der Waals surface area contributed by atoms with Gasteiger partial charge in [0.05, 0.1) is 11.4 Å². The molecule has 0 saturated heterocycles. The largest absolute Gasteiger partial charge is 0.346 e. The van der Waals surface area contributed by atoms with Crippen molar-refractivity contribution in [2.24, 2.45) is 0 Å². The van der Waals surface area contributed by atoms with Crippen molar-refractivity contribution in [2.45, 2.75) is 45.7 Å². The molecule has 0 radical (unpaired) electrons. The van der Waals surface area contributed by atoms with Crippen LogP contribution < -0.4 is 11.0 Å². The topological polar surface area (TPSA) is 86.7 Å². The van der Waals surface area contributed by atoms with Gasteiger partial charge in [-0.15, -0.1) is 0 Å². The van der Waals surface area contributed by atoms with Crippen LogP contribution in [0.1, 0.15) is 30.8 Å². The minimum Gasteiger partial charge on any atom is -0.309 e. The maximum absolute atomic E-state index is 12.6. The summed E-state index contributed by atoms with van der Waals surface area (Å²) in [5.41, 5.74) is 1.31. The number of amides is 1. The lowest BCUT2D eigenvalue weighted by Gasteiger charge is -2.09. The van der Waals surface area contributed by atoms with E-state index < -0.39 is 0 Å². The summed E-state index contributed by atoms with van der Waals surface area (Å²) in [7, 11) is 0. The predicted octanol–water partition coefficient (Wildman–Crippen LogP) is 2.56. The SMILES string of the molecule is Cc1cc(NC(=O)Cn2nc3n(c2=O)CCCCC3)n(-c2ccc(Cl)cc2)n1. The molecule has 0 unspecified atom stereocenters. The highest BCUT2D eigenvalue weighted by Gasteiger charge is 2.18. The smallest absolute Gasteiger partial charge is 0.309 e. The predicted molar refractivity (Wildman–Crippen MR) is 106 cm³/mol. The summed E-state index contributed by atoms with van der Waals surface area (Å²) in [6.07, 6.45) is 3.84. The molecule has 2 aromatic heterocycles. The molecule has 0 saturated carbocycles. The Morgan fingerprint density at radius 2 is 1.96 bits per heavy atom. The van der Waals surface area contributed by atoms with E-state index in [0.29, 0.717) is 17.4 Å². The zero-order chi connectivity index (χ0) is 19.7. The van der Waals surface area contributed by atoms with E-state index in [4.69, 9.17) is 11.6 Å². The average Bonchev–Trinajstić information content (AvgIpc) is 3.05. The Balaban J connectivity index is 1.54. The monoisotopic (exact) mass is 400 g/mol. The molecule has 0 fully saturated rings. The van der Waals surface area contributed by atoms with Gasteiger partial charge in [0.25, 0.3) is 0 Å². The van der Waals surface area contributed by atoms with E-state index in [1.165, 1.54) is 4.68 Å². The van der Waals surface area contributed by atoms with Crippen molar-refractivity contribution in [3.63, 3.8) is 0 Å². The Hall–Kier alpha value is -2.87. The molecule has 1 aliphatic heterocycles. The molecular weight excluding hydrogens is 380 g/mol. The van der Waals surface area contributed by atoms with Crippen LogP contribution in [0.3, 0.4) is 0 Å². The standard InChI is InChI=1S/C19H21ClN6O2/c1-13-11-17(26(22-13)15-8-6-14(20)7-9-15)21-18(27)12-25-19(28)24-10-4-2-3-5-16(24)23-25/h6-9,11H,2-5,10,12H2,1H3,(H,21,27). The fourth-order valence-electron chi connectivity index (χ4n) is 3.41. The molecule has 0 spiro atoms.